The Hall–Kier alpha value is -0.910. The van der Waals surface area contributed by atoms with E-state index in [4.69, 9.17) is 4.74 Å². The summed E-state index contributed by atoms with van der Waals surface area (Å²) < 4.78 is 31.3. The van der Waals surface area contributed by atoms with Crippen LogP contribution in [0.1, 0.15) is 18.9 Å². The Balaban J connectivity index is 2.48. The highest BCUT2D eigenvalue weighted by Crippen LogP contribution is 2.09. The minimum atomic E-state index is -3.39. The summed E-state index contributed by atoms with van der Waals surface area (Å²) in [6.45, 7) is 5.29. The molecule has 0 aliphatic heterocycles. The maximum Gasteiger partial charge on any atom is 0.240 e. The third kappa shape index (κ3) is 4.85. The SMILES string of the molecule is CCCOCCNS(=O)(=O)c1ccc(C)cc1. The summed E-state index contributed by atoms with van der Waals surface area (Å²) >= 11 is 0. The zero-order valence-electron chi connectivity index (χ0n) is 10.3. The lowest BCUT2D eigenvalue weighted by Gasteiger charge is -2.07. The van der Waals surface area contributed by atoms with E-state index >= 15 is 0 Å². The van der Waals surface area contributed by atoms with Crippen LogP contribution in [0.15, 0.2) is 29.2 Å². The minimum Gasteiger partial charge on any atom is -0.380 e. The summed E-state index contributed by atoms with van der Waals surface area (Å²) in [6.07, 6.45) is 0.935. The highest BCUT2D eigenvalue weighted by atomic mass is 32.2. The number of benzene rings is 1. The molecule has 1 aromatic rings. The molecule has 0 fully saturated rings. The molecule has 0 saturated carbocycles. The van der Waals surface area contributed by atoms with Crippen molar-refractivity contribution in [2.75, 3.05) is 19.8 Å². The van der Waals surface area contributed by atoms with Crippen LogP contribution in [0, 0.1) is 6.92 Å². The van der Waals surface area contributed by atoms with Gasteiger partial charge in [-0.2, -0.15) is 0 Å². The van der Waals surface area contributed by atoms with Crippen molar-refractivity contribution in [2.45, 2.75) is 25.2 Å². The van der Waals surface area contributed by atoms with Gasteiger partial charge in [-0.15, -0.1) is 0 Å². The lowest BCUT2D eigenvalue weighted by molar-refractivity contribution is 0.140. The van der Waals surface area contributed by atoms with Gasteiger partial charge in [0.2, 0.25) is 10.0 Å². The van der Waals surface area contributed by atoms with Crippen molar-refractivity contribution in [2.24, 2.45) is 0 Å². The predicted octanol–water partition coefficient (Wildman–Crippen LogP) is 1.70. The molecule has 0 bridgehead atoms. The Labute approximate surface area is 103 Å². The van der Waals surface area contributed by atoms with Crippen LogP contribution in [0.2, 0.25) is 0 Å². The fourth-order valence-electron chi connectivity index (χ4n) is 1.30. The maximum absolute atomic E-state index is 11.8. The Bertz CT molecular complexity index is 426. The van der Waals surface area contributed by atoms with Crippen LogP contribution in [-0.4, -0.2) is 28.2 Å². The van der Waals surface area contributed by atoms with Gasteiger partial charge in [-0.3, -0.25) is 0 Å². The number of hydrogen-bond acceptors (Lipinski definition) is 3. The predicted molar refractivity (Wildman–Crippen MR) is 67.5 cm³/mol. The van der Waals surface area contributed by atoms with Crippen LogP contribution in [0.25, 0.3) is 0 Å². The van der Waals surface area contributed by atoms with E-state index in [2.05, 4.69) is 4.72 Å². The van der Waals surface area contributed by atoms with E-state index in [0.29, 0.717) is 24.7 Å². The van der Waals surface area contributed by atoms with E-state index in [1.165, 1.54) is 0 Å². The lowest BCUT2D eigenvalue weighted by Crippen LogP contribution is -2.27. The lowest BCUT2D eigenvalue weighted by atomic mass is 10.2. The molecule has 1 rings (SSSR count). The van der Waals surface area contributed by atoms with E-state index < -0.39 is 10.0 Å². The second kappa shape index (κ2) is 6.74. The van der Waals surface area contributed by atoms with Crippen LogP contribution >= 0.6 is 0 Å². The van der Waals surface area contributed by atoms with E-state index in [1.54, 1.807) is 24.3 Å². The summed E-state index contributed by atoms with van der Waals surface area (Å²) in [6, 6.07) is 6.76. The number of hydrogen-bond donors (Lipinski definition) is 1. The van der Waals surface area contributed by atoms with Crippen LogP contribution in [-0.2, 0) is 14.8 Å². The van der Waals surface area contributed by atoms with Crippen LogP contribution in [0.5, 0.6) is 0 Å². The van der Waals surface area contributed by atoms with Gasteiger partial charge < -0.3 is 4.74 Å². The monoisotopic (exact) mass is 257 g/mol. The van der Waals surface area contributed by atoms with Crippen LogP contribution < -0.4 is 4.72 Å². The third-order valence-corrected chi connectivity index (χ3v) is 3.70. The molecule has 1 N–H and O–H groups in total. The summed E-state index contributed by atoms with van der Waals surface area (Å²) in [5.74, 6) is 0. The number of nitrogens with one attached hydrogen (secondary N) is 1. The van der Waals surface area contributed by atoms with Gasteiger partial charge in [0, 0.05) is 13.2 Å². The van der Waals surface area contributed by atoms with E-state index in [0.717, 1.165) is 12.0 Å². The molecule has 0 aliphatic rings. The highest BCUT2D eigenvalue weighted by molar-refractivity contribution is 7.89. The molecule has 1 aromatic carbocycles. The first kappa shape index (κ1) is 14.2. The molecular formula is C12H19NO3S. The molecular weight excluding hydrogens is 238 g/mol. The molecule has 96 valence electrons. The normalized spacial score (nSPS) is 11.6. The van der Waals surface area contributed by atoms with E-state index in [1.807, 2.05) is 13.8 Å². The first-order valence-corrected chi connectivity index (χ1v) is 7.18. The van der Waals surface area contributed by atoms with Gasteiger partial charge in [-0.25, -0.2) is 13.1 Å². The number of aryl methyl sites for hydroxylation is 1. The zero-order chi connectivity index (χ0) is 12.7. The summed E-state index contributed by atoms with van der Waals surface area (Å²) in [5.41, 5.74) is 1.04. The van der Waals surface area contributed by atoms with Gasteiger partial charge in [0.15, 0.2) is 0 Å². The standard InChI is InChI=1S/C12H19NO3S/c1-3-9-16-10-8-13-17(14,15)12-6-4-11(2)5-7-12/h4-7,13H,3,8-10H2,1-2H3. The van der Waals surface area contributed by atoms with Gasteiger partial charge >= 0.3 is 0 Å². The molecule has 0 spiro atoms. The minimum absolute atomic E-state index is 0.290. The molecule has 0 heterocycles. The Morgan fingerprint density at radius 1 is 1.18 bits per heavy atom. The number of ether oxygens (including phenoxy) is 1. The Morgan fingerprint density at radius 2 is 1.82 bits per heavy atom. The first-order chi connectivity index (χ1) is 8.06. The fourth-order valence-corrected chi connectivity index (χ4v) is 2.31. The van der Waals surface area contributed by atoms with Crippen molar-refractivity contribution in [3.8, 4) is 0 Å². The third-order valence-electron chi connectivity index (χ3n) is 2.22. The molecule has 4 nitrogen and oxygen atoms in total. The average Bonchev–Trinajstić information content (AvgIpc) is 2.29. The molecule has 0 aromatic heterocycles. The fraction of sp³-hybridized carbons (Fsp3) is 0.500. The van der Waals surface area contributed by atoms with Crippen molar-refractivity contribution in [1.82, 2.24) is 4.72 Å². The second-order valence-electron chi connectivity index (χ2n) is 3.82. The summed E-state index contributed by atoms with van der Waals surface area (Å²) in [7, 11) is -3.39. The molecule has 0 aliphatic carbocycles. The maximum atomic E-state index is 11.8. The van der Waals surface area contributed by atoms with Crippen molar-refractivity contribution < 1.29 is 13.2 Å². The molecule has 0 saturated heterocycles. The van der Waals surface area contributed by atoms with Crippen LogP contribution in [0.4, 0.5) is 0 Å². The number of sulfonamides is 1. The van der Waals surface area contributed by atoms with Gasteiger partial charge in [0.1, 0.15) is 0 Å². The van der Waals surface area contributed by atoms with Gasteiger partial charge in [-0.1, -0.05) is 24.6 Å². The molecule has 0 radical (unpaired) electrons. The van der Waals surface area contributed by atoms with Crippen molar-refractivity contribution >= 4 is 10.0 Å². The summed E-state index contributed by atoms with van der Waals surface area (Å²) in [5, 5.41) is 0. The zero-order valence-corrected chi connectivity index (χ0v) is 11.1. The van der Waals surface area contributed by atoms with Gasteiger partial charge in [-0.05, 0) is 25.5 Å². The largest absolute Gasteiger partial charge is 0.380 e. The van der Waals surface area contributed by atoms with E-state index in [9.17, 15) is 8.42 Å². The first-order valence-electron chi connectivity index (χ1n) is 5.70. The molecule has 0 amide bonds. The Morgan fingerprint density at radius 3 is 2.41 bits per heavy atom. The second-order valence-corrected chi connectivity index (χ2v) is 5.59. The van der Waals surface area contributed by atoms with E-state index in [-0.39, 0.29) is 0 Å². The summed E-state index contributed by atoms with van der Waals surface area (Å²) in [4.78, 5) is 0.290. The van der Waals surface area contributed by atoms with Gasteiger partial charge in [0.25, 0.3) is 0 Å². The molecule has 0 atom stereocenters. The van der Waals surface area contributed by atoms with Gasteiger partial charge in [0.05, 0.1) is 11.5 Å². The quantitative estimate of drug-likeness (QED) is 0.756. The molecule has 17 heavy (non-hydrogen) atoms. The molecule has 0 unspecified atom stereocenters. The molecule has 5 heteroatoms. The average molecular weight is 257 g/mol. The smallest absolute Gasteiger partial charge is 0.240 e. The van der Waals surface area contributed by atoms with Crippen molar-refractivity contribution in [3.05, 3.63) is 29.8 Å². The number of rotatable bonds is 7. The van der Waals surface area contributed by atoms with Crippen molar-refractivity contribution in [1.29, 1.82) is 0 Å². The van der Waals surface area contributed by atoms with Crippen molar-refractivity contribution in [3.63, 3.8) is 0 Å². The highest BCUT2D eigenvalue weighted by Gasteiger charge is 2.12. The topological polar surface area (TPSA) is 55.4 Å². The Kier molecular flexibility index (Phi) is 5.61. The van der Waals surface area contributed by atoms with Crippen LogP contribution in [0.3, 0.4) is 0 Å².